The molecule has 1 fully saturated rings. The van der Waals surface area contributed by atoms with Crippen molar-refractivity contribution in [3.8, 4) is 0 Å². The maximum atomic E-state index is 5.80. The lowest BCUT2D eigenvalue weighted by Gasteiger charge is -1.95. The average molecular weight is 178 g/mol. The first kappa shape index (κ1) is 8.44. The van der Waals surface area contributed by atoms with Gasteiger partial charge in [-0.05, 0) is 25.3 Å². The molecule has 1 saturated carbocycles. The minimum atomic E-state index is 0.350. The summed E-state index contributed by atoms with van der Waals surface area (Å²) in [5, 5.41) is 8.19. The highest BCUT2D eigenvalue weighted by atomic mass is 15.4. The molecule has 4 heteroatoms. The van der Waals surface area contributed by atoms with Gasteiger partial charge >= 0.3 is 0 Å². The summed E-state index contributed by atoms with van der Waals surface area (Å²) < 4.78 is 0. The molecule has 1 aromatic rings. The minimum Gasteiger partial charge on any atom is -0.327 e. The van der Waals surface area contributed by atoms with Gasteiger partial charge in [0, 0.05) is 13.1 Å². The normalized spacial score (nSPS) is 25.7. The van der Waals surface area contributed by atoms with E-state index >= 15 is 0 Å². The van der Waals surface area contributed by atoms with Crippen molar-refractivity contribution in [3.63, 3.8) is 0 Å². The van der Waals surface area contributed by atoms with E-state index in [1.54, 1.807) is 11.0 Å². The molecule has 0 bridgehead atoms. The van der Waals surface area contributed by atoms with Gasteiger partial charge in [-0.3, -0.25) is 0 Å². The first-order valence-electron chi connectivity index (χ1n) is 4.55. The Hall–Kier alpha value is -1.16. The predicted molar refractivity (Wildman–Crippen MR) is 50.8 cm³/mol. The summed E-state index contributed by atoms with van der Waals surface area (Å²) in [7, 11) is 1.82. The molecule has 70 valence electrons. The molecule has 0 aromatic carbocycles. The van der Waals surface area contributed by atoms with Crippen molar-refractivity contribution in [1.29, 1.82) is 0 Å². The number of nitrogens with two attached hydrogens (primary N) is 1. The summed E-state index contributed by atoms with van der Waals surface area (Å²) in [4.78, 5) is 1.57. The van der Waals surface area contributed by atoms with Crippen LogP contribution in [0.2, 0.25) is 0 Å². The van der Waals surface area contributed by atoms with E-state index in [1.165, 1.54) is 5.57 Å². The zero-order chi connectivity index (χ0) is 9.26. The van der Waals surface area contributed by atoms with Gasteiger partial charge in [-0.2, -0.15) is 15.0 Å². The number of aromatic nitrogens is 3. The Morgan fingerprint density at radius 1 is 1.69 bits per heavy atom. The lowest BCUT2D eigenvalue weighted by Crippen LogP contribution is -2.13. The molecule has 2 N–H and O–H groups in total. The summed E-state index contributed by atoms with van der Waals surface area (Å²) in [5.74, 6) is 0. The van der Waals surface area contributed by atoms with Gasteiger partial charge in [-0.1, -0.05) is 5.57 Å². The lowest BCUT2D eigenvalue weighted by atomic mass is 10.2. The van der Waals surface area contributed by atoms with Crippen molar-refractivity contribution in [2.45, 2.75) is 25.3 Å². The third-order valence-corrected chi connectivity index (χ3v) is 2.33. The zero-order valence-electron chi connectivity index (χ0n) is 7.77. The van der Waals surface area contributed by atoms with Gasteiger partial charge in [0.05, 0.1) is 6.20 Å². The third kappa shape index (κ3) is 1.95. The van der Waals surface area contributed by atoms with Crippen LogP contribution in [0.25, 0.3) is 6.08 Å². The molecule has 0 amide bonds. The molecule has 4 nitrogen and oxygen atoms in total. The molecular weight excluding hydrogens is 164 g/mol. The van der Waals surface area contributed by atoms with Crippen molar-refractivity contribution < 1.29 is 0 Å². The van der Waals surface area contributed by atoms with Crippen molar-refractivity contribution in [3.05, 3.63) is 17.5 Å². The van der Waals surface area contributed by atoms with Crippen LogP contribution in [0.3, 0.4) is 0 Å². The lowest BCUT2D eigenvalue weighted by molar-refractivity contribution is 0.652. The number of hydrogen-bond donors (Lipinski definition) is 1. The van der Waals surface area contributed by atoms with Crippen LogP contribution in [-0.4, -0.2) is 21.0 Å². The van der Waals surface area contributed by atoms with Crippen LogP contribution in [0.1, 0.15) is 25.0 Å². The SMILES string of the molecule is Cn1ncc(/C=C2/CCC(N)C2)n1. The second-order valence-corrected chi connectivity index (χ2v) is 3.56. The standard InChI is InChI=1S/C9H14N4/c1-13-11-6-9(12-13)5-7-2-3-8(10)4-7/h5-6,8H,2-4,10H2,1H3/b7-5-. The van der Waals surface area contributed by atoms with Crippen LogP contribution >= 0.6 is 0 Å². The van der Waals surface area contributed by atoms with Gasteiger partial charge in [-0.25, -0.2) is 0 Å². The Labute approximate surface area is 77.4 Å². The van der Waals surface area contributed by atoms with Crippen LogP contribution in [0.5, 0.6) is 0 Å². The highest BCUT2D eigenvalue weighted by molar-refractivity contribution is 5.48. The number of rotatable bonds is 1. The van der Waals surface area contributed by atoms with E-state index in [0.717, 1.165) is 25.0 Å². The molecule has 1 aromatic heterocycles. The maximum Gasteiger partial charge on any atom is 0.105 e. The first-order chi connectivity index (χ1) is 6.24. The Bertz CT molecular complexity index is 326. The van der Waals surface area contributed by atoms with Crippen LogP contribution in [0.15, 0.2) is 11.8 Å². The smallest absolute Gasteiger partial charge is 0.105 e. The van der Waals surface area contributed by atoms with Gasteiger partial charge in [0.1, 0.15) is 5.69 Å². The van der Waals surface area contributed by atoms with Crippen molar-refractivity contribution in [2.24, 2.45) is 12.8 Å². The quantitative estimate of drug-likeness (QED) is 0.689. The third-order valence-electron chi connectivity index (χ3n) is 2.33. The van der Waals surface area contributed by atoms with Crippen molar-refractivity contribution >= 4 is 6.08 Å². The monoisotopic (exact) mass is 178 g/mol. The van der Waals surface area contributed by atoms with Crippen LogP contribution < -0.4 is 5.73 Å². The minimum absolute atomic E-state index is 0.350. The summed E-state index contributed by atoms with van der Waals surface area (Å²) in [5.41, 5.74) is 8.13. The Morgan fingerprint density at radius 3 is 3.08 bits per heavy atom. The summed E-state index contributed by atoms with van der Waals surface area (Å²) in [6.07, 6.45) is 7.09. The van der Waals surface area contributed by atoms with E-state index in [2.05, 4.69) is 16.3 Å². The molecule has 1 aliphatic carbocycles. The highest BCUT2D eigenvalue weighted by Crippen LogP contribution is 2.24. The second-order valence-electron chi connectivity index (χ2n) is 3.56. The summed E-state index contributed by atoms with van der Waals surface area (Å²) in [6.45, 7) is 0. The molecular formula is C9H14N4. The van der Waals surface area contributed by atoms with Gasteiger partial charge in [-0.15, -0.1) is 0 Å². The van der Waals surface area contributed by atoms with E-state index in [0.29, 0.717) is 6.04 Å². The number of hydrogen-bond acceptors (Lipinski definition) is 3. The number of aryl methyl sites for hydroxylation is 1. The molecule has 0 aliphatic heterocycles. The van der Waals surface area contributed by atoms with Crippen molar-refractivity contribution in [2.75, 3.05) is 0 Å². The summed E-state index contributed by atoms with van der Waals surface area (Å²) in [6, 6.07) is 0.350. The Balaban J connectivity index is 2.12. The van der Waals surface area contributed by atoms with Crippen LogP contribution in [-0.2, 0) is 7.05 Å². The zero-order valence-corrected chi connectivity index (χ0v) is 7.77. The molecule has 1 unspecified atom stereocenters. The fourth-order valence-corrected chi connectivity index (χ4v) is 1.68. The predicted octanol–water partition coefficient (Wildman–Crippen LogP) is 0.710. The first-order valence-corrected chi connectivity index (χ1v) is 4.55. The van der Waals surface area contributed by atoms with Gasteiger partial charge in [0.15, 0.2) is 0 Å². The largest absolute Gasteiger partial charge is 0.327 e. The Morgan fingerprint density at radius 2 is 2.54 bits per heavy atom. The Kier molecular flexibility index (Phi) is 2.14. The molecule has 13 heavy (non-hydrogen) atoms. The van der Waals surface area contributed by atoms with Crippen LogP contribution in [0, 0.1) is 0 Å². The fourth-order valence-electron chi connectivity index (χ4n) is 1.68. The van der Waals surface area contributed by atoms with Gasteiger partial charge < -0.3 is 5.73 Å². The van der Waals surface area contributed by atoms with Gasteiger partial charge in [0.25, 0.3) is 0 Å². The topological polar surface area (TPSA) is 56.7 Å². The molecule has 0 spiro atoms. The molecule has 0 saturated heterocycles. The van der Waals surface area contributed by atoms with Crippen molar-refractivity contribution in [1.82, 2.24) is 15.0 Å². The molecule has 1 atom stereocenters. The highest BCUT2D eigenvalue weighted by Gasteiger charge is 2.15. The second kappa shape index (κ2) is 3.30. The summed E-state index contributed by atoms with van der Waals surface area (Å²) >= 11 is 0. The van der Waals surface area contributed by atoms with E-state index in [9.17, 15) is 0 Å². The number of nitrogens with zero attached hydrogens (tertiary/aromatic N) is 3. The maximum absolute atomic E-state index is 5.80. The molecule has 2 rings (SSSR count). The van der Waals surface area contributed by atoms with E-state index in [-0.39, 0.29) is 0 Å². The van der Waals surface area contributed by atoms with Gasteiger partial charge in [0.2, 0.25) is 0 Å². The van der Waals surface area contributed by atoms with E-state index < -0.39 is 0 Å². The fraction of sp³-hybridized carbons (Fsp3) is 0.556. The average Bonchev–Trinajstić information content (AvgIpc) is 2.62. The molecule has 0 radical (unpaired) electrons. The van der Waals surface area contributed by atoms with E-state index in [1.807, 2.05) is 7.05 Å². The van der Waals surface area contributed by atoms with E-state index in [4.69, 9.17) is 5.73 Å². The van der Waals surface area contributed by atoms with Crippen LogP contribution in [0.4, 0.5) is 0 Å². The molecule has 1 heterocycles. The molecule has 1 aliphatic rings.